The van der Waals surface area contributed by atoms with Crippen LogP contribution in [0.15, 0.2) is 4.52 Å². The first kappa shape index (κ1) is 14.4. The lowest BCUT2D eigenvalue weighted by Crippen LogP contribution is -2.42. The van der Waals surface area contributed by atoms with Gasteiger partial charge >= 0.3 is 0 Å². The number of hydrogen-bond donors (Lipinski definition) is 1. The summed E-state index contributed by atoms with van der Waals surface area (Å²) in [4.78, 5) is 4.54. The van der Waals surface area contributed by atoms with Crippen molar-refractivity contribution in [3.63, 3.8) is 0 Å². The SMILES string of the molecule is CCC(CC)(OC)c1noc(C2(C)COCC2N)n1. The van der Waals surface area contributed by atoms with Crippen LogP contribution in [0.3, 0.4) is 0 Å². The number of hydrogen-bond acceptors (Lipinski definition) is 6. The predicted molar refractivity (Wildman–Crippen MR) is 69.7 cm³/mol. The van der Waals surface area contributed by atoms with Crippen molar-refractivity contribution >= 4 is 0 Å². The van der Waals surface area contributed by atoms with Gasteiger partial charge < -0.3 is 19.7 Å². The minimum atomic E-state index is -0.484. The smallest absolute Gasteiger partial charge is 0.236 e. The highest BCUT2D eigenvalue weighted by molar-refractivity contribution is 5.13. The highest BCUT2D eigenvalue weighted by atomic mass is 16.5. The molecule has 1 aromatic heterocycles. The van der Waals surface area contributed by atoms with Crippen molar-refractivity contribution < 1.29 is 14.0 Å². The van der Waals surface area contributed by atoms with E-state index in [1.807, 2.05) is 6.92 Å². The Balaban J connectivity index is 2.33. The molecule has 2 atom stereocenters. The zero-order valence-electron chi connectivity index (χ0n) is 12.1. The van der Waals surface area contributed by atoms with Gasteiger partial charge in [0.15, 0.2) is 0 Å². The lowest BCUT2D eigenvalue weighted by Gasteiger charge is -2.26. The lowest BCUT2D eigenvalue weighted by molar-refractivity contribution is -0.0306. The standard InChI is InChI=1S/C13H23N3O3/c1-5-13(6-2,17-4)10-15-11(19-16-10)12(3)8-18-7-9(12)14/h9H,5-8,14H2,1-4H3. The molecule has 0 amide bonds. The first-order chi connectivity index (χ1) is 9.02. The monoisotopic (exact) mass is 269 g/mol. The van der Waals surface area contributed by atoms with Gasteiger partial charge in [0, 0.05) is 13.2 Å². The molecular formula is C13H23N3O3. The van der Waals surface area contributed by atoms with Gasteiger partial charge in [-0.25, -0.2) is 0 Å². The van der Waals surface area contributed by atoms with Crippen LogP contribution in [-0.2, 0) is 20.5 Å². The van der Waals surface area contributed by atoms with Crippen LogP contribution < -0.4 is 5.73 Å². The third-order valence-electron chi connectivity index (χ3n) is 4.37. The topological polar surface area (TPSA) is 83.4 Å². The fraction of sp³-hybridized carbons (Fsp3) is 0.846. The number of ether oxygens (including phenoxy) is 2. The van der Waals surface area contributed by atoms with E-state index in [2.05, 4.69) is 24.0 Å². The van der Waals surface area contributed by atoms with Gasteiger partial charge in [0.25, 0.3) is 0 Å². The largest absolute Gasteiger partial charge is 0.379 e. The highest BCUT2D eigenvalue weighted by Crippen LogP contribution is 2.35. The summed E-state index contributed by atoms with van der Waals surface area (Å²) in [5.74, 6) is 1.13. The van der Waals surface area contributed by atoms with Gasteiger partial charge in [0.05, 0.1) is 18.6 Å². The summed E-state index contributed by atoms with van der Waals surface area (Å²) < 4.78 is 16.5. The molecule has 0 aromatic carbocycles. The summed E-state index contributed by atoms with van der Waals surface area (Å²) in [6, 6.07) is -0.124. The normalized spacial score (nSPS) is 27.9. The molecule has 0 aliphatic carbocycles. The van der Waals surface area contributed by atoms with Gasteiger partial charge in [0.2, 0.25) is 11.7 Å². The Morgan fingerprint density at radius 1 is 1.47 bits per heavy atom. The van der Waals surface area contributed by atoms with E-state index in [4.69, 9.17) is 19.7 Å². The minimum absolute atomic E-state index is 0.124. The van der Waals surface area contributed by atoms with Gasteiger partial charge in [-0.15, -0.1) is 0 Å². The number of aromatic nitrogens is 2. The van der Waals surface area contributed by atoms with Crippen molar-refractivity contribution in [2.24, 2.45) is 5.73 Å². The van der Waals surface area contributed by atoms with Crippen LogP contribution in [-0.4, -0.2) is 36.5 Å². The molecule has 6 nitrogen and oxygen atoms in total. The summed E-state index contributed by atoms with van der Waals surface area (Å²) in [5, 5.41) is 4.10. The summed E-state index contributed by atoms with van der Waals surface area (Å²) in [7, 11) is 1.68. The van der Waals surface area contributed by atoms with Crippen LogP contribution >= 0.6 is 0 Å². The second kappa shape index (κ2) is 5.19. The molecule has 1 aromatic rings. The average Bonchev–Trinajstić information content (AvgIpc) is 3.03. The van der Waals surface area contributed by atoms with Gasteiger partial charge in [-0.3, -0.25) is 0 Å². The third kappa shape index (κ3) is 2.17. The zero-order valence-corrected chi connectivity index (χ0v) is 12.1. The van der Waals surface area contributed by atoms with Crippen LogP contribution in [0.5, 0.6) is 0 Å². The van der Waals surface area contributed by atoms with Crippen molar-refractivity contribution in [3.05, 3.63) is 11.7 Å². The van der Waals surface area contributed by atoms with Crippen LogP contribution in [0, 0.1) is 0 Å². The quantitative estimate of drug-likeness (QED) is 0.868. The van der Waals surface area contributed by atoms with E-state index in [1.165, 1.54) is 0 Å². The van der Waals surface area contributed by atoms with E-state index >= 15 is 0 Å². The molecule has 2 rings (SSSR count). The minimum Gasteiger partial charge on any atom is -0.379 e. The average molecular weight is 269 g/mol. The van der Waals surface area contributed by atoms with Gasteiger partial charge in [-0.1, -0.05) is 19.0 Å². The van der Waals surface area contributed by atoms with E-state index in [-0.39, 0.29) is 6.04 Å². The summed E-state index contributed by atoms with van der Waals surface area (Å²) in [6.07, 6.45) is 1.58. The van der Waals surface area contributed by atoms with E-state index in [0.717, 1.165) is 12.8 Å². The maximum atomic E-state index is 6.08. The highest BCUT2D eigenvalue weighted by Gasteiger charge is 2.45. The number of methoxy groups -OCH3 is 1. The maximum absolute atomic E-state index is 6.08. The molecule has 2 N–H and O–H groups in total. The van der Waals surface area contributed by atoms with Gasteiger partial charge in [-0.2, -0.15) is 4.98 Å². The first-order valence-electron chi connectivity index (χ1n) is 6.75. The summed E-state index contributed by atoms with van der Waals surface area (Å²) in [5.41, 5.74) is 5.18. The molecule has 6 heteroatoms. The molecule has 1 aliphatic heterocycles. The van der Waals surface area contributed by atoms with Crippen molar-refractivity contribution in [2.75, 3.05) is 20.3 Å². The lowest BCUT2D eigenvalue weighted by atomic mass is 9.85. The zero-order chi connectivity index (χ0) is 14.1. The van der Waals surface area contributed by atoms with E-state index in [0.29, 0.717) is 24.9 Å². The molecule has 0 radical (unpaired) electrons. The summed E-state index contributed by atoms with van der Waals surface area (Å²) in [6.45, 7) is 7.12. The Morgan fingerprint density at radius 3 is 2.63 bits per heavy atom. The number of nitrogens with two attached hydrogens (primary N) is 1. The first-order valence-corrected chi connectivity index (χ1v) is 6.75. The van der Waals surface area contributed by atoms with E-state index in [9.17, 15) is 0 Å². The van der Waals surface area contributed by atoms with Crippen molar-refractivity contribution in [1.29, 1.82) is 0 Å². The van der Waals surface area contributed by atoms with Crippen LogP contribution in [0.25, 0.3) is 0 Å². The van der Waals surface area contributed by atoms with Crippen molar-refractivity contribution in [3.8, 4) is 0 Å². The maximum Gasteiger partial charge on any atom is 0.236 e. The number of rotatable bonds is 5. The molecule has 19 heavy (non-hydrogen) atoms. The third-order valence-corrected chi connectivity index (χ3v) is 4.37. The summed E-state index contributed by atoms with van der Waals surface area (Å²) >= 11 is 0. The van der Waals surface area contributed by atoms with Crippen molar-refractivity contribution in [1.82, 2.24) is 10.1 Å². The molecular weight excluding hydrogens is 246 g/mol. The van der Waals surface area contributed by atoms with Crippen molar-refractivity contribution in [2.45, 2.75) is 50.7 Å². The Bertz CT molecular complexity index is 406. The van der Waals surface area contributed by atoms with Gasteiger partial charge in [-0.05, 0) is 19.8 Å². The molecule has 2 unspecified atom stereocenters. The molecule has 108 valence electrons. The Hall–Kier alpha value is -0.980. The van der Waals surface area contributed by atoms with Crippen LogP contribution in [0.4, 0.5) is 0 Å². The van der Waals surface area contributed by atoms with Crippen LogP contribution in [0.1, 0.15) is 45.3 Å². The second-order valence-corrected chi connectivity index (χ2v) is 5.37. The molecule has 0 saturated carbocycles. The van der Waals surface area contributed by atoms with Crippen LogP contribution in [0.2, 0.25) is 0 Å². The van der Waals surface area contributed by atoms with E-state index < -0.39 is 11.0 Å². The number of nitrogens with zero attached hydrogens (tertiary/aromatic N) is 2. The second-order valence-electron chi connectivity index (χ2n) is 5.37. The molecule has 0 spiro atoms. The molecule has 1 fully saturated rings. The fourth-order valence-corrected chi connectivity index (χ4v) is 2.50. The fourth-order valence-electron chi connectivity index (χ4n) is 2.50. The molecule has 1 saturated heterocycles. The Labute approximate surface area is 113 Å². The Kier molecular flexibility index (Phi) is 3.94. The Morgan fingerprint density at radius 2 is 2.16 bits per heavy atom. The molecule has 2 heterocycles. The predicted octanol–water partition coefficient (Wildman–Crippen LogP) is 1.35. The van der Waals surface area contributed by atoms with Gasteiger partial charge in [0.1, 0.15) is 5.60 Å². The molecule has 1 aliphatic rings. The van der Waals surface area contributed by atoms with E-state index in [1.54, 1.807) is 7.11 Å². The molecule has 0 bridgehead atoms.